The Labute approximate surface area is 180 Å². The molecule has 31 heavy (non-hydrogen) atoms. The number of amides is 1. The average molecular weight is 422 g/mol. The Morgan fingerprint density at radius 2 is 2.10 bits per heavy atom. The summed E-state index contributed by atoms with van der Waals surface area (Å²) in [6.07, 6.45) is 2.84. The highest BCUT2D eigenvalue weighted by molar-refractivity contribution is 6.19. The Morgan fingerprint density at radius 3 is 2.81 bits per heavy atom. The molecule has 1 unspecified atom stereocenters. The predicted octanol–water partition coefficient (Wildman–Crippen LogP) is 1.18. The molecule has 0 saturated carbocycles. The van der Waals surface area contributed by atoms with Gasteiger partial charge in [-0.15, -0.1) is 0 Å². The van der Waals surface area contributed by atoms with Gasteiger partial charge in [0.05, 0.1) is 11.7 Å². The summed E-state index contributed by atoms with van der Waals surface area (Å²) in [5.41, 5.74) is 10.1. The van der Waals surface area contributed by atoms with Gasteiger partial charge < -0.3 is 16.4 Å². The molecule has 0 bridgehead atoms. The summed E-state index contributed by atoms with van der Waals surface area (Å²) in [6.45, 7) is 10.3. The van der Waals surface area contributed by atoms with Gasteiger partial charge in [0.1, 0.15) is 5.84 Å². The quantitative estimate of drug-likeness (QED) is 0.549. The number of nitrogens with zero attached hydrogens (tertiary/aromatic N) is 4. The minimum absolute atomic E-state index is 0.189. The number of nitrogens with two attached hydrogens (primary N) is 1. The summed E-state index contributed by atoms with van der Waals surface area (Å²) in [5, 5.41) is 5.73. The molecule has 2 aromatic heterocycles. The second-order valence-corrected chi connectivity index (χ2v) is 7.38. The number of carbonyl (C=O) groups is 1. The van der Waals surface area contributed by atoms with Crippen molar-refractivity contribution in [1.29, 1.82) is 0 Å². The number of amidine groups is 1. The largest absolute Gasteiger partial charge is 0.382 e. The van der Waals surface area contributed by atoms with E-state index in [1.54, 1.807) is 13.1 Å². The van der Waals surface area contributed by atoms with E-state index in [-0.39, 0.29) is 29.8 Å². The second-order valence-electron chi connectivity index (χ2n) is 7.38. The van der Waals surface area contributed by atoms with Crippen molar-refractivity contribution in [3.05, 3.63) is 69.6 Å². The minimum atomic E-state index is -0.351. The van der Waals surface area contributed by atoms with Gasteiger partial charge in [0.25, 0.3) is 5.56 Å². The van der Waals surface area contributed by atoms with E-state index in [4.69, 9.17) is 5.73 Å². The molecule has 4 N–H and O–H groups in total. The SMILES string of the molecule is C=C1C(CNC=O)=C(n2c(C)cnc(NCCc3cccc(C)n3)c2=O)C(N)=NC1C. The van der Waals surface area contributed by atoms with Crippen LogP contribution in [-0.4, -0.2) is 45.9 Å². The standard InChI is InChI=1S/C22H27N7O2/c1-13-6-5-7-17(27-13)8-9-25-21-22(31)29(14(2)10-26-21)19-18(11-24-12-30)15(3)16(4)28-20(19)23/h5-7,10,12,16H,3,8-9,11H2,1-2,4H3,(H2,23,28)(H,24,30)(H,25,26). The van der Waals surface area contributed by atoms with Gasteiger partial charge in [-0.3, -0.25) is 24.1 Å². The number of aryl methyl sites for hydroxylation is 2. The fourth-order valence-electron chi connectivity index (χ4n) is 3.48. The molecule has 0 spiro atoms. The van der Waals surface area contributed by atoms with Crippen molar-refractivity contribution in [2.24, 2.45) is 10.7 Å². The summed E-state index contributed by atoms with van der Waals surface area (Å²) in [7, 11) is 0. The van der Waals surface area contributed by atoms with E-state index in [0.29, 0.717) is 41.9 Å². The van der Waals surface area contributed by atoms with Crippen molar-refractivity contribution in [3.63, 3.8) is 0 Å². The number of carbonyl (C=O) groups excluding carboxylic acids is 1. The number of aliphatic imine (C=N–C) groups is 1. The molecule has 1 aliphatic heterocycles. The normalized spacial score (nSPS) is 16.2. The van der Waals surface area contributed by atoms with E-state index >= 15 is 0 Å². The molecule has 0 fully saturated rings. The predicted molar refractivity (Wildman–Crippen MR) is 122 cm³/mol. The topological polar surface area (TPSA) is 127 Å². The third-order valence-corrected chi connectivity index (χ3v) is 5.10. The molecule has 9 nitrogen and oxygen atoms in total. The van der Waals surface area contributed by atoms with Crippen LogP contribution in [0.5, 0.6) is 0 Å². The lowest BCUT2D eigenvalue weighted by Gasteiger charge is -2.27. The monoisotopic (exact) mass is 421 g/mol. The van der Waals surface area contributed by atoms with Crippen molar-refractivity contribution in [2.75, 3.05) is 18.4 Å². The van der Waals surface area contributed by atoms with E-state index in [0.717, 1.165) is 11.4 Å². The summed E-state index contributed by atoms with van der Waals surface area (Å²) >= 11 is 0. The number of pyridine rings is 1. The van der Waals surface area contributed by atoms with Crippen molar-refractivity contribution >= 4 is 23.8 Å². The van der Waals surface area contributed by atoms with Crippen LogP contribution < -0.4 is 21.9 Å². The first-order chi connectivity index (χ1) is 14.8. The lowest BCUT2D eigenvalue weighted by Crippen LogP contribution is -2.37. The molecule has 3 heterocycles. The zero-order chi connectivity index (χ0) is 22.5. The van der Waals surface area contributed by atoms with Gasteiger partial charge in [0.15, 0.2) is 5.82 Å². The Morgan fingerprint density at radius 1 is 1.32 bits per heavy atom. The zero-order valence-corrected chi connectivity index (χ0v) is 18.0. The van der Waals surface area contributed by atoms with Gasteiger partial charge in [-0.05, 0) is 38.5 Å². The second kappa shape index (κ2) is 9.38. The third kappa shape index (κ3) is 4.71. The zero-order valence-electron chi connectivity index (χ0n) is 18.0. The van der Waals surface area contributed by atoms with Crippen molar-refractivity contribution < 1.29 is 4.79 Å². The summed E-state index contributed by atoms with van der Waals surface area (Å²) in [5.74, 6) is 0.416. The average Bonchev–Trinajstić information content (AvgIpc) is 2.73. The fourth-order valence-corrected chi connectivity index (χ4v) is 3.48. The van der Waals surface area contributed by atoms with Crippen LogP contribution in [0.1, 0.15) is 24.0 Å². The van der Waals surface area contributed by atoms with Gasteiger partial charge in [-0.1, -0.05) is 12.6 Å². The first-order valence-electron chi connectivity index (χ1n) is 10.0. The van der Waals surface area contributed by atoms with Crippen molar-refractivity contribution in [1.82, 2.24) is 19.9 Å². The first kappa shape index (κ1) is 21.9. The highest BCUT2D eigenvalue weighted by Gasteiger charge is 2.26. The van der Waals surface area contributed by atoms with Crippen LogP contribution in [0.15, 0.2) is 51.9 Å². The van der Waals surface area contributed by atoms with E-state index in [1.165, 1.54) is 4.57 Å². The van der Waals surface area contributed by atoms with Crippen LogP contribution in [-0.2, 0) is 11.2 Å². The Bertz CT molecular complexity index is 1130. The van der Waals surface area contributed by atoms with E-state index in [1.807, 2.05) is 32.0 Å². The Balaban J connectivity index is 1.96. The Hall–Kier alpha value is -3.75. The number of hydrogen-bond acceptors (Lipinski definition) is 7. The van der Waals surface area contributed by atoms with E-state index < -0.39 is 0 Å². The maximum Gasteiger partial charge on any atom is 0.298 e. The third-order valence-electron chi connectivity index (χ3n) is 5.10. The minimum Gasteiger partial charge on any atom is -0.382 e. The molecule has 162 valence electrons. The molecule has 0 radical (unpaired) electrons. The van der Waals surface area contributed by atoms with Gasteiger partial charge in [-0.25, -0.2) is 4.98 Å². The number of nitrogens with one attached hydrogen (secondary N) is 2. The lowest BCUT2D eigenvalue weighted by molar-refractivity contribution is -0.109. The van der Waals surface area contributed by atoms with Gasteiger partial charge in [0, 0.05) is 48.4 Å². The molecular weight excluding hydrogens is 394 g/mol. The van der Waals surface area contributed by atoms with Crippen LogP contribution >= 0.6 is 0 Å². The number of dihydropyridines is 1. The van der Waals surface area contributed by atoms with Crippen LogP contribution in [0.25, 0.3) is 5.70 Å². The Kier molecular flexibility index (Phi) is 6.64. The molecule has 1 atom stereocenters. The first-order valence-corrected chi connectivity index (χ1v) is 10.0. The number of anilines is 1. The molecule has 1 amide bonds. The molecule has 1 aliphatic rings. The molecule has 2 aromatic rings. The summed E-state index contributed by atoms with van der Waals surface area (Å²) in [4.78, 5) is 37.3. The van der Waals surface area contributed by atoms with E-state index in [2.05, 4.69) is 32.2 Å². The highest BCUT2D eigenvalue weighted by atomic mass is 16.1. The van der Waals surface area contributed by atoms with Crippen LogP contribution in [0.2, 0.25) is 0 Å². The number of aromatic nitrogens is 3. The van der Waals surface area contributed by atoms with E-state index in [9.17, 15) is 9.59 Å². The summed E-state index contributed by atoms with van der Waals surface area (Å²) in [6, 6.07) is 5.59. The molecule has 9 heteroatoms. The van der Waals surface area contributed by atoms with Gasteiger partial charge in [-0.2, -0.15) is 0 Å². The molecule has 0 saturated heterocycles. The van der Waals surface area contributed by atoms with Crippen LogP contribution in [0.3, 0.4) is 0 Å². The molecule has 0 aromatic carbocycles. The van der Waals surface area contributed by atoms with Crippen molar-refractivity contribution in [2.45, 2.75) is 33.2 Å². The maximum atomic E-state index is 13.3. The molecular formula is C22H27N7O2. The fraction of sp³-hybridized carbons (Fsp3) is 0.318. The lowest BCUT2D eigenvalue weighted by atomic mass is 9.95. The molecule has 3 rings (SSSR count). The molecule has 0 aliphatic carbocycles. The van der Waals surface area contributed by atoms with Crippen molar-refractivity contribution in [3.8, 4) is 0 Å². The van der Waals surface area contributed by atoms with Crippen LogP contribution in [0.4, 0.5) is 5.82 Å². The smallest absolute Gasteiger partial charge is 0.298 e. The highest BCUT2D eigenvalue weighted by Crippen LogP contribution is 2.26. The van der Waals surface area contributed by atoms with Gasteiger partial charge >= 0.3 is 0 Å². The maximum absolute atomic E-state index is 13.3. The van der Waals surface area contributed by atoms with Crippen LogP contribution in [0, 0.1) is 13.8 Å². The number of hydrogen-bond donors (Lipinski definition) is 3. The van der Waals surface area contributed by atoms with Gasteiger partial charge in [0.2, 0.25) is 6.41 Å². The summed E-state index contributed by atoms with van der Waals surface area (Å²) < 4.78 is 1.47. The number of rotatable bonds is 8.